The lowest BCUT2D eigenvalue weighted by atomic mass is 9.63. The number of ether oxygens (including phenoxy) is 1. The molecule has 2 saturated heterocycles. The number of carbonyl (C=O) groups is 4. The molecule has 2 heterocycles. The van der Waals surface area contributed by atoms with Crippen molar-refractivity contribution in [3.05, 3.63) is 65.7 Å². The zero-order valence-corrected chi connectivity index (χ0v) is 20.8. The van der Waals surface area contributed by atoms with Crippen molar-refractivity contribution >= 4 is 35.1 Å². The number of anilines is 2. The molecule has 0 aromatic heterocycles. The Balaban J connectivity index is 1.08. The second-order valence-electron chi connectivity index (χ2n) is 11.3. The number of amides is 3. The number of hydrogen-bond donors (Lipinski definition) is 0. The van der Waals surface area contributed by atoms with Gasteiger partial charge in [-0.05, 0) is 79.3 Å². The Morgan fingerprint density at radius 1 is 0.865 bits per heavy atom. The van der Waals surface area contributed by atoms with Crippen molar-refractivity contribution in [1.82, 2.24) is 0 Å². The van der Waals surface area contributed by atoms with E-state index in [0.717, 1.165) is 23.2 Å². The Morgan fingerprint density at radius 3 is 2.16 bits per heavy atom. The van der Waals surface area contributed by atoms with Crippen molar-refractivity contribution in [2.24, 2.45) is 41.4 Å². The summed E-state index contributed by atoms with van der Waals surface area (Å²) in [6, 6.07) is 12.5. The van der Waals surface area contributed by atoms with Crippen LogP contribution in [-0.2, 0) is 19.2 Å². The number of esters is 1. The summed E-state index contributed by atoms with van der Waals surface area (Å²) >= 11 is 0. The summed E-state index contributed by atoms with van der Waals surface area (Å²) < 4.78 is 5.67. The van der Waals surface area contributed by atoms with Crippen LogP contribution < -0.4 is 14.5 Å². The number of benzene rings is 2. The molecule has 2 aromatic rings. The van der Waals surface area contributed by atoms with Crippen LogP contribution in [0.5, 0.6) is 5.75 Å². The molecule has 0 spiro atoms. The van der Waals surface area contributed by atoms with E-state index in [0.29, 0.717) is 17.5 Å². The highest BCUT2D eigenvalue weighted by atomic mass is 16.5. The Kier molecular flexibility index (Phi) is 4.78. The van der Waals surface area contributed by atoms with Gasteiger partial charge in [-0.2, -0.15) is 0 Å². The van der Waals surface area contributed by atoms with Gasteiger partial charge in [0.15, 0.2) is 0 Å². The number of rotatable bonds is 4. The summed E-state index contributed by atoms with van der Waals surface area (Å²) in [6.07, 6.45) is 5.50. The average Bonchev–Trinajstić information content (AvgIpc) is 3.53. The van der Waals surface area contributed by atoms with E-state index in [2.05, 4.69) is 12.2 Å². The number of aryl methyl sites for hydroxylation is 2. The Labute approximate surface area is 215 Å². The molecule has 3 amide bonds. The van der Waals surface area contributed by atoms with E-state index >= 15 is 0 Å². The van der Waals surface area contributed by atoms with Crippen molar-refractivity contribution < 1.29 is 23.9 Å². The van der Waals surface area contributed by atoms with Crippen LogP contribution in [0.2, 0.25) is 0 Å². The van der Waals surface area contributed by atoms with Gasteiger partial charge >= 0.3 is 5.97 Å². The Bertz CT molecular complexity index is 1360. The SMILES string of the molecule is Cc1cc(C)cc(N2C[C@H](C(=O)Oc3cccc(N4C(=O)[C@@H]5[C@H]6C=C[C@@H]([C@@H]7C[C@@H]67)[C@@H]5C4=O)c3)CC2=O)c1. The van der Waals surface area contributed by atoms with Crippen LogP contribution in [0, 0.1) is 55.3 Å². The number of carbonyl (C=O) groups excluding carboxylic acids is 4. The largest absolute Gasteiger partial charge is 0.426 e. The third-order valence-electron chi connectivity index (χ3n) is 8.93. The van der Waals surface area contributed by atoms with E-state index in [1.165, 1.54) is 4.90 Å². The Hall–Kier alpha value is -3.74. The molecule has 0 radical (unpaired) electrons. The molecule has 188 valence electrons. The maximum Gasteiger partial charge on any atom is 0.316 e. The van der Waals surface area contributed by atoms with Gasteiger partial charge in [-0.1, -0.05) is 24.3 Å². The molecule has 4 aliphatic carbocycles. The van der Waals surface area contributed by atoms with Crippen LogP contribution in [-0.4, -0.2) is 30.2 Å². The van der Waals surface area contributed by atoms with E-state index < -0.39 is 11.9 Å². The first-order valence-corrected chi connectivity index (χ1v) is 13.1. The van der Waals surface area contributed by atoms with E-state index in [9.17, 15) is 19.2 Å². The fourth-order valence-corrected chi connectivity index (χ4v) is 7.32. The zero-order valence-electron chi connectivity index (χ0n) is 20.8. The highest BCUT2D eigenvalue weighted by Gasteiger charge is 2.67. The van der Waals surface area contributed by atoms with Crippen LogP contribution in [0.1, 0.15) is 24.0 Å². The quantitative estimate of drug-likeness (QED) is 0.278. The van der Waals surface area contributed by atoms with Gasteiger partial charge in [-0.25, -0.2) is 4.90 Å². The minimum absolute atomic E-state index is 0.0794. The summed E-state index contributed by atoms with van der Waals surface area (Å²) in [5, 5.41) is 0. The molecule has 0 unspecified atom stereocenters. The highest BCUT2D eigenvalue weighted by molar-refractivity contribution is 6.22. The first-order valence-electron chi connectivity index (χ1n) is 13.1. The molecule has 2 aromatic carbocycles. The zero-order chi connectivity index (χ0) is 25.6. The second-order valence-corrected chi connectivity index (χ2v) is 11.3. The topological polar surface area (TPSA) is 84.0 Å². The molecule has 6 aliphatic rings. The van der Waals surface area contributed by atoms with Crippen LogP contribution in [0.25, 0.3) is 0 Å². The molecule has 2 bridgehead atoms. The lowest BCUT2D eigenvalue weighted by molar-refractivity contribution is -0.139. The highest BCUT2D eigenvalue weighted by Crippen LogP contribution is 2.65. The van der Waals surface area contributed by atoms with Gasteiger partial charge in [0.1, 0.15) is 5.75 Å². The summed E-state index contributed by atoms with van der Waals surface area (Å²) in [4.78, 5) is 55.5. The van der Waals surface area contributed by atoms with Crippen molar-refractivity contribution in [3.8, 4) is 5.75 Å². The normalized spacial score (nSPS) is 33.1. The first-order chi connectivity index (χ1) is 17.8. The fraction of sp³-hybridized carbons (Fsp3) is 0.400. The summed E-state index contributed by atoms with van der Waals surface area (Å²) in [5.74, 6) is -0.396. The van der Waals surface area contributed by atoms with Crippen LogP contribution in [0.4, 0.5) is 11.4 Å². The lowest BCUT2D eigenvalue weighted by Gasteiger charge is -2.37. The summed E-state index contributed by atoms with van der Waals surface area (Å²) in [5.41, 5.74) is 3.32. The van der Waals surface area contributed by atoms with Crippen LogP contribution in [0.15, 0.2) is 54.6 Å². The molecule has 7 nitrogen and oxygen atoms in total. The van der Waals surface area contributed by atoms with Gasteiger partial charge in [0.25, 0.3) is 0 Å². The van der Waals surface area contributed by atoms with Crippen LogP contribution in [0.3, 0.4) is 0 Å². The molecule has 7 heteroatoms. The maximum absolute atomic E-state index is 13.4. The molecule has 37 heavy (non-hydrogen) atoms. The second kappa shape index (κ2) is 7.88. The minimum atomic E-state index is -0.594. The third kappa shape index (κ3) is 3.40. The molecular formula is C30H28N2O5. The number of imide groups is 1. The molecular weight excluding hydrogens is 468 g/mol. The van der Waals surface area contributed by atoms with Gasteiger partial charge in [0, 0.05) is 24.7 Å². The number of nitrogens with zero attached hydrogens (tertiary/aromatic N) is 2. The van der Waals surface area contributed by atoms with Gasteiger partial charge in [-0.3, -0.25) is 19.2 Å². The van der Waals surface area contributed by atoms with Crippen molar-refractivity contribution in [2.45, 2.75) is 26.7 Å². The molecule has 0 N–H and O–H groups in total. The number of allylic oxidation sites excluding steroid dienone is 2. The molecule has 2 saturated carbocycles. The Morgan fingerprint density at radius 2 is 1.51 bits per heavy atom. The van der Waals surface area contributed by atoms with E-state index in [1.807, 2.05) is 32.0 Å². The van der Waals surface area contributed by atoms with Crippen molar-refractivity contribution in [2.75, 3.05) is 16.3 Å². The average molecular weight is 497 g/mol. The predicted molar refractivity (Wildman–Crippen MR) is 136 cm³/mol. The van der Waals surface area contributed by atoms with Gasteiger partial charge in [-0.15, -0.1) is 0 Å². The standard InChI is InChI=1S/C30H28N2O5/c1-15-8-16(2)10-19(9-15)31-14-17(11-25(31)33)30(36)37-20-5-3-4-18(12-20)32-28(34)26-21-6-7-22(24-13-23(21)24)27(26)29(32)35/h3-10,12,17,21-24,26-27H,11,13-14H2,1-2H3/t17-,21+,22+,23+,24+,26-,27+/m1/s1. The van der Waals surface area contributed by atoms with Crippen molar-refractivity contribution in [1.29, 1.82) is 0 Å². The minimum Gasteiger partial charge on any atom is -0.426 e. The molecule has 8 rings (SSSR count). The number of hydrogen-bond acceptors (Lipinski definition) is 5. The fourth-order valence-electron chi connectivity index (χ4n) is 7.32. The lowest BCUT2D eigenvalue weighted by Crippen LogP contribution is -2.40. The van der Waals surface area contributed by atoms with Gasteiger partial charge < -0.3 is 9.64 Å². The third-order valence-corrected chi connectivity index (χ3v) is 8.93. The maximum atomic E-state index is 13.4. The van der Waals surface area contributed by atoms with Crippen LogP contribution >= 0.6 is 0 Å². The monoisotopic (exact) mass is 496 g/mol. The van der Waals surface area contributed by atoms with Gasteiger partial charge in [0.05, 0.1) is 23.4 Å². The van der Waals surface area contributed by atoms with E-state index in [4.69, 9.17) is 4.74 Å². The first kappa shape index (κ1) is 22.5. The smallest absolute Gasteiger partial charge is 0.316 e. The molecule has 2 aliphatic heterocycles. The molecule has 4 fully saturated rings. The predicted octanol–water partition coefficient (Wildman–Crippen LogP) is 3.82. The molecule has 7 atom stereocenters. The van der Waals surface area contributed by atoms with E-state index in [-0.39, 0.29) is 60.1 Å². The van der Waals surface area contributed by atoms with Crippen molar-refractivity contribution in [3.63, 3.8) is 0 Å². The van der Waals surface area contributed by atoms with Gasteiger partial charge in [0.2, 0.25) is 17.7 Å². The van der Waals surface area contributed by atoms with E-state index in [1.54, 1.807) is 29.2 Å². The summed E-state index contributed by atoms with van der Waals surface area (Å²) in [7, 11) is 0. The summed E-state index contributed by atoms with van der Waals surface area (Å²) in [6.45, 7) is 4.21.